The van der Waals surface area contributed by atoms with Crippen LogP contribution >= 0.6 is 27.5 Å². The Hall–Kier alpha value is -1.72. The third kappa shape index (κ3) is 2.46. The number of hydrogen-bond acceptors (Lipinski definition) is 4. The molecule has 0 radical (unpaired) electrons. The molecule has 0 aliphatic heterocycles. The summed E-state index contributed by atoms with van der Waals surface area (Å²) in [7, 11) is 0. The van der Waals surface area contributed by atoms with E-state index < -0.39 is 0 Å². The van der Waals surface area contributed by atoms with Crippen molar-refractivity contribution in [1.29, 1.82) is 0 Å². The molecule has 0 atom stereocenters. The smallest absolute Gasteiger partial charge is 0.300 e. The Balaban J connectivity index is 1.99. The number of aryl methyl sites for hydroxylation is 1. The van der Waals surface area contributed by atoms with E-state index in [0.29, 0.717) is 22.3 Å². The van der Waals surface area contributed by atoms with Crippen molar-refractivity contribution in [1.82, 2.24) is 4.98 Å². The fraction of sp³-hybridized carbons (Fsp3) is 0.0714. The average Bonchev–Trinajstić information content (AvgIpc) is 2.77. The summed E-state index contributed by atoms with van der Waals surface area (Å²) in [6.45, 7) is 1.94. The van der Waals surface area contributed by atoms with Gasteiger partial charge in [-0.2, -0.15) is 4.98 Å². The number of nitrogen functional groups attached to an aromatic ring is 1. The van der Waals surface area contributed by atoms with Crippen LogP contribution in [0.5, 0.6) is 0 Å². The van der Waals surface area contributed by atoms with E-state index in [9.17, 15) is 0 Å². The van der Waals surface area contributed by atoms with Crippen molar-refractivity contribution < 1.29 is 4.42 Å². The van der Waals surface area contributed by atoms with Crippen LogP contribution in [-0.2, 0) is 0 Å². The van der Waals surface area contributed by atoms with Gasteiger partial charge < -0.3 is 15.5 Å². The van der Waals surface area contributed by atoms with E-state index in [1.165, 1.54) is 0 Å². The van der Waals surface area contributed by atoms with Crippen LogP contribution in [0.4, 0.5) is 17.4 Å². The summed E-state index contributed by atoms with van der Waals surface area (Å²) in [5.41, 5.74) is 9.53. The Morgan fingerprint density at radius 3 is 2.90 bits per heavy atom. The minimum atomic E-state index is 0.395. The number of oxazole rings is 1. The number of aromatic nitrogens is 1. The molecule has 0 amide bonds. The summed E-state index contributed by atoms with van der Waals surface area (Å²) in [6, 6.07) is 9.50. The lowest BCUT2D eigenvalue weighted by atomic mass is 10.2. The topological polar surface area (TPSA) is 64.1 Å². The second-order valence-electron chi connectivity index (χ2n) is 4.45. The number of nitrogens with two attached hydrogens (primary N) is 1. The average molecular weight is 353 g/mol. The molecule has 102 valence electrons. The third-order valence-electron chi connectivity index (χ3n) is 2.90. The highest BCUT2D eigenvalue weighted by atomic mass is 79.9. The second kappa shape index (κ2) is 5.00. The van der Waals surface area contributed by atoms with Gasteiger partial charge in [0.05, 0.1) is 5.69 Å². The third-order valence-corrected chi connectivity index (χ3v) is 3.97. The number of anilines is 3. The predicted octanol–water partition coefficient (Wildman–Crippen LogP) is 4.88. The number of nitrogens with zero attached hydrogens (tertiary/aromatic N) is 1. The first-order valence-electron chi connectivity index (χ1n) is 5.91. The van der Waals surface area contributed by atoms with E-state index in [0.717, 1.165) is 21.2 Å². The molecule has 3 aromatic rings. The number of nitrogens with one attached hydrogen (secondary N) is 1. The zero-order chi connectivity index (χ0) is 14.3. The van der Waals surface area contributed by atoms with Gasteiger partial charge in [0.1, 0.15) is 5.52 Å². The van der Waals surface area contributed by atoms with Crippen molar-refractivity contribution >= 4 is 56.0 Å². The molecule has 3 rings (SSSR count). The van der Waals surface area contributed by atoms with E-state index in [-0.39, 0.29) is 0 Å². The fourth-order valence-corrected chi connectivity index (χ4v) is 2.57. The first-order chi connectivity index (χ1) is 9.52. The summed E-state index contributed by atoms with van der Waals surface area (Å²) in [4.78, 5) is 4.35. The quantitative estimate of drug-likeness (QED) is 0.645. The molecule has 1 aromatic heterocycles. The first kappa shape index (κ1) is 13.3. The lowest BCUT2D eigenvalue weighted by molar-refractivity contribution is 0.623. The van der Waals surface area contributed by atoms with E-state index in [1.807, 2.05) is 25.1 Å². The number of fused-ring (bicyclic) bond motifs is 1. The summed E-state index contributed by atoms with van der Waals surface area (Å²) in [6.07, 6.45) is 0. The molecule has 1 heterocycles. The van der Waals surface area contributed by atoms with E-state index in [4.69, 9.17) is 21.8 Å². The molecule has 0 aliphatic carbocycles. The standard InChI is InChI=1S/C14H11BrClN3O/c1-7-4-9(15)12(6-10(7)16)19-14-18-11-3-2-8(17)5-13(11)20-14/h2-6H,17H2,1H3,(H,18,19). The highest BCUT2D eigenvalue weighted by Crippen LogP contribution is 2.32. The number of benzene rings is 2. The van der Waals surface area contributed by atoms with Crippen LogP contribution < -0.4 is 11.1 Å². The number of hydrogen-bond donors (Lipinski definition) is 2. The van der Waals surface area contributed by atoms with Crippen molar-refractivity contribution in [3.8, 4) is 0 Å². The maximum atomic E-state index is 6.12. The Kier molecular flexibility index (Phi) is 3.31. The van der Waals surface area contributed by atoms with Crippen molar-refractivity contribution in [3.05, 3.63) is 45.4 Å². The van der Waals surface area contributed by atoms with Gasteiger partial charge >= 0.3 is 0 Å². The molecule has 0 bridgehead atoms. The molecule has 20 heavy (non-hydrogen) atoms. The van der Waals surface area contributed by atoms with Crippen LogP contribution in [0.1, 0.15) is 5.56 Å². The molecule has 6 heteroatoms. The lowest BCUT2D eigenvalue weighted by Crippen LogP contribution is -1.92. The van der Waals surface area contributed by atoms with Gasteiger partial charge in [0, 0.05) is 21.2 Å². The van der Waals surface area contributed by atoms with Gasteiger partial charge in [-0.1, -0.05) is 11.6 Å². The highest BCUT2D eigenvalue weighted by Gasteiger charge is 2.09. The molecular formula is C14H11BrClN3O. The van der Waals surface area contributed by atoms with Gasteiger partial charge in [0.15, 0.2) is 5.58 Å². The summed E-state index contributed by atoms with van der Waals surface area (Å²) in [5.74, 6) is 0. The largest absolute Gasteiger partial charge is 0.423 e. The summed E-state index contributed by atoms with van der Waals surface area (Å²) < 4.78 is 6.50. The predicted molar refractivity (Wildman–Crippen MR) is 85.6 cm³/mol. The molecule has 0 unspecified atom stereocenters. The Labute approximate surface area is 129 Å². The van der Waals surface area contributed by atoms with E-state index >= 15 is 0 Å². The van der Waals surface area contributed by atoms with Crippen molar-refractivity contribution in [3.63, 3.8) is 0 Å². The monoisotopic (exact) mass is 351 g/mol. The molecule has 0 saturated heterocycles. The maximum absolute atomic E-state index is 6.12. The minimum Gasteiger partial charge on any atom is -0.423 e. The van der Waals surface area contributed by atoms with Gasteiger partial charge in [-0.3, -0.25) is 0 Å². The van der Waals surface area contributed by atoms with Crippen LogP contribution in [0.15, 0.2) is 39.2 Å². The molecule has 3 N–H and O–H groups in total. The van der Waals surface area contributed by atoms with Crippen LogP contribution in [-0.4, -0.2) is 4.98 Å². The zero-order valence-electron chi connectivity index (χ0n) is 10.6. The Morgan fingerprint density at radius 2 is 2.10 bits per heavy atom. The van der Waals surface area contributed by atoms with Crippen molar-refractivity contribution in [2.75, 3.05) is 11.1 Å². The molecule has 2 aromatic carbocycles. The van der Waals surface area contributed by atoms with Crippen LogP contribution in [0.25, 0.3) is 11.1 Å². The minimum absolute atomic E-state index is 0.395. The molecule has 0 fully saturated rings. The fourth-order valence-electron chi connectivity index (χ4n) is 1.85. The molecule has 0 spiro atoms. The van der Waals surface area contributed by atoms with Crippen LogP contribution in [0.3, 0.4) is 0 Å². The van der Waals surface area contributed by atoms with Crippen LogP contribution in [0.2, 0.25) is 5.02 Å². The number of halogens is 2. The van der Waals surface area contributed by atoms with E-state index in [2.05, 4.69) is 26.2 Å². The van der Waals surface area contributed by atoms with Gasteiger partial charge in [-0.15, -0.1) is 0 Å². The summed E-state index contributed by atoms with van der Waals surface area (Å²) >= 11 is 9.61. The normalized spacial score (nSPS) is 10.9. The van der Waals surface area contributed by atoms with Gasteiger partial charge in [0.2, 0.25) is 0 Å². The van der Waals surface area contributed by atoms with Crippen LogP contribution in [0, 0.1) is 6.92 Å². The zero-order valence-corrected chi connectivity index (χ0v) is 12.9. The lowest BCUT2D eigenvalue weighted by Gasteiger charge is -2.07. The highest BCUT2D eigenvalue weighted by molar-refractivity contribution is 9.10. The Morgan fingerprint density at radius 1 is 1.30 bits per heavy atom. The van der Waals surface area contributed by atoms with Gasteiger partial charge in [0.25, 0.3) is 6.01 Å². The number of rotatable bonds is 2. The summed E-state index contributed by atoms with van der Waals surface area (Å²) in [5, 5.41) is 3.78. The Bertz CT molecular complexity index is 800. The molecular weight excluding hydrogens is 342 g/mol. The molecule has 0 aliphatic rings. The van der Waals surface area contributed by atoms with Gasteiger partial charge in [-0.25, -0.2) is 0 Å². The first-order valence-corrected chi connectivity index (χ1v) is 7.09. The molecule has 4 nitrogen and oxygen atoms in total. The van der Waals surface area contributed by atoms with Crippen molar-refractivity contribution in [2.45, 2.75) is 6.92 Å². The maximum Gasteiger partial charge on any atom is 0.300 e. The second-order valence-corrected chi connectivity index (χ2v) is 5.71. The van der Waals surface area contributed by atoms with Crippen molar-refractivity contribution in [2.24, 2.45) is 0 Å². The van der Waals surface area contributed by atoms with E-state index in [1.54, 1.807) is 12.1 Å². The molecule has 0 saturated carbocycles. The van der Waals surface area contributed by atoms with Gasteiger partial charge in [-0.05, 0) is 52.7 Å². The SMILES string of the molecule is Cc1cc(Br)c(Nc2nc3ccc(N)cc3o2)cc1Cl.